The molecular formula is C12H9F3N2. The number of hydrogen-bond acceptors (Lipinski definition) is 2. The van der Waals surface area contributed by atoms with E-state index >= 15 is 0 Å². The van der Waals surface area contributed by atoms with Gasteiger partial charge in [-0.2, -0.15) is 13.2 Å². The van der Waals surface area contributed by atoms with Crippen molar-refractivity contribution in [2.24, 2.45) is 0 Å². The second kappa shape index (κ2) is 4.16. The van der Waals surface area contributed by atoms with E-state index < -0.39 is 11.7 Å². The molecule has 0 aliphatic heterocycles. The average molecular weight is 238 g/mol. The molecule has 0 spiro atoms. The van der Waals surface area contributed by atoms with Crippen LogP contribution in [0.5, 0.6) is 0 Å². The van der Waals surface area contributed by atoms with E-state index in [4.69, 9.17) is 0 Å². The number of hydrogen-bond donors (Lipinski definition) is 0. The second-order valence-electron chi connectivity index (χ2n) is 3.59. The van der Waals surface area contributed by atoms with E-state index in [9.17, 15) is 13.2 Å². The number of benzene rings is 1. The molecule has 0 aliphatic carbocycles. The fourth-order valence-corrected chi connectivity index (χ4v) is 1.56. The first-order valence-electron chi connectivity index (χ1n) is 4.94. The monoisotopic (exact) mass is 238 g/mol. The van der Waals surface area contributed by atoms with Crippen LogP contribution in [0.2, 0.25) is 0 Å². The van der Waals surface area contributed by atoms with E-state index in [0.717, 1.165) is 6.07 Å². The van der Waals surface area contributed by atoms with Gasteiger partial charge in [0.1, 0.15) is 6.33 Å². The highest BCUT2D eigenvalue weighted by atomic mass is 19.4. The molecule has 0 unspecified atom stereocenters. The van der Waals surface area contributed by atoms with Gasteiger partial charge in [-0.15, -0.1) is 0 Å². The number of rotatable bonds is 1. The predicted octanol–water partition coefficient (Wildman–Crippen LogP) is 3.47. The molecule has 0 atom stereocenters. The van der Waals surface area contributed by atoms with Crippen molar-refractivity contribution in [3.05, 3.63) is 47.9 Å². The Morgan fingerprint density at radius 3 is 2.41 bits per heavy atom. The Hall–Kier alpha value is -1.91. The summed E-state index contributed by atoms with van der Waals surface area (Å²) in [7, 11) is 0. The van der Waals surface area contributed by atoms with Gasteiger partial charge in [0.15, 0.2) is 0 Å². The van der Waals surface area contributed by atoms with Crippen LogP contribution in [0.4, 0.5) is 13.2 Å². The third-order valence-electron chi connectivity index (χ3n) is 2.31. The van der Waals surface area contributed by atoms with Crippen LogP contribution in [0.25, 0.3) is 11.3 Å². The number of halogens is 3. The number of aryl methyl sites for hydroxylation is 1. The Balaban J connectivity index is 2.60. The van der Waals surface area contributed by atoms with Crippen molar-refractivity contribution in [1.29, 1.82) is 0 Å². The summed E-state index contributed by atoms with van der Waals surface area (Å²) < 4.78 is 38.4. The molecule has 1 aromatic heterocycles. The molecule has 88 valence electrons. The maximum atomic E-state index is 12.8. The normalized spacial score (nSPS) is 11.5. The molecule has 0 N–H and O–H groups in total. The first kappa shape index (κ1) is 11.6. The zero-order valence-electron chi connectivity index (χ0n) is 8.99. The van der Waals surface area contributed by atoms with Gasteiger partial charge in [0.05, 0.1) is 11.3 Å². The topological polar surface area (TPSA) is 25.8 Å². The predicted molar refractivity (Wildman–Crippen MR) is 57.2 cm³/mol. The molecule has 1 aromatic carbocycles. The lowest BCUT2D eigenvalue weighted by molar-refractivity contribution is -0.137. The van der Waals surface area contributed by atoms with Gasteiger partial charge < -0.3 is 0 Å². The Morgan fingerprint density at radius 1 is 1.06 bits per heavy atom. The van der Waals surface area contributed by atoms with E-state index in [1.807, 2.05) is 0 Å². The summed E-state index contributed by atoms with van der Waals surface area (Å²) in [5.41, 5.74) is 0.306. The molecule has 0 radical (unpaired) electrons. The first-order valence-corrected chi connectivity index (χ1v) is 4.94. The third-order valence-corrected chi connectivity index (χ3v) is 2.31. The molecule has 0 saturated carbocycles. The fraction of sp³-hybridized carbons (Fsp3) is 0.167. The zero-order chi connectivity index (χ0) is 12.5. The Bertz CT molecular complexity index is 535. The van der Waals surface area contributed by atoms with Gasteiger partial charge in [-0.05, 0) is 19.1 Å². The SMILES string of the molecule is Cc1cc(-c2ccccc2C(F)(F)F)ncn1. The molecule has 0 amide bonds. The van der Waals surface area contributed by atoms with Gasteiger partial charge in [-0.1, -0.05) is 18.2 Å². The quantitative estimate of drug-likeness (QED) is 0.760. The summed E-state index contributed by atoms with van der Waals surface area (Å²) in [6.07, 6.45) is -3.12. The molecular weight excluding hydrogens is 229 g/mol. The Kier molecular flexibility index (Phi) is 2.83. The van der Waals surface area contributed by atoms with E-state index in [1.54, 1.807) is 13.0 Å². The summed E-state index contributed by atoms with van der Waals surface area (Å²) in [5.74, 6) is 0. The van der Waals surface area contributed by atoms with Crippen molar-refractivity contribution in [1.82, 2.24) is 9.97 Å². The van der Waals surface area contributed by atoms with Gasteiger partial charge in [0.25, 0.3) is 0 Å². The van der Waals surface area contributed by atoms with E-state index in [2.05, 4.69) is 9.97 Å². The van der Waals surface area contributed by atoms with Gasteiger partial charge in [0.2, 0.25) is 0 Å². The molecule has 5 heteroatoms. The summed E-state index contributed by atoms with van der Waals surface area (Å²) in [6, 6.07) is 6.91. The van der Waals surface area contributed by atoms with Crippen molar-refractivity contribution in [2.75, 3.05) is 0 Å². The van der Waals surface area contributed by atoms with Gasteiger partial charge in [-0.25, -0.2) is 9.97 Å². The molecule has 1 heterocycles. The average Bonchev–Trinajstić information content (AvgIpc) is 2.28. The Labute approximate surface area is 96.2 Å². The minimum absolute atomic E-state index is 0.0745. The van der Waals surface area contributed by atoms with Crippen LogP contribution in [0.3, 0.4) is 0 Å². The largest absolute Gasteiger partial charge is 0.417 e. The van der Waals surface area contributed by atoms with Crippen LogP contribution in [-0.2, 0) is 6.18 Å². The highest BCUT2D eigenvalue weighted by molar-refractivity contribution is 5.64. The number of nitrogens with zero attached hydrogens (tertiary/aromatic N) is 2. The standard InChI is InChI=1S/C12H9F3N2/c1-8-6-11(17-7-16-8)9-4-2-3-5-10(9)12(13,14)15/h2-7H,1H3. The third kappa shape index (κ3) is 2.43. The molecule has 0 fully saturated rings. The number of aromatic nitrogens is 2. The second-order valence-corrected chi connectivity index (χ2v) is 3.59. The maximum absolute atomic E-state index is 12.8. The number of alkyl halides is 3. The van der Waals surface area contributed by atoms with Gasteiger partial charge in [-0.3, -0.25) is 0 Å². The maximum Gasteiger partial charge on any atom is 0.417 e. The van der Waals surface area contributed by atoms with E-state index in [1.165, 1.54) is 24.5 Å². The van der Waals surface area contributed by atoms with Gasteiger partial charge in [0, 0.05) is 11.3 Å². The van der Waals surface area contributed by atoms with Crippen molar-refractivity contribution in [3.63, 3.8) is 0 Å². The summed E-state index contributed by atoms with van der Waals surface area (Å²) in [4.78, 5) is 7.74. The lowest BCUT2D eigenvalue weighted by Gasteiger charge is -2.11. The minimum Gasteiger partial charge on any atom is -0.242 e. The van der Waals surface area contributed by atoms with Crippen molar-refractivity contribution in [2.45, 2.75) is 13.1 Å². The first-order chi connectivity index (χ1) is 7.98. The smallest absolute Gasteiger partial charge is 0.242 e. The molecule has 2 aromatic rings. The summed E-state index contributed by atoms with van der Waals surface area (Å²) in [6.45, 7) is 1.71. The van der Waals surface area contributed by atoms with Crippen molar-refractivity contribution >= 4 is 0 Å². The fourth-order valence-electron chi connectivity index (χ4n) is 1.56. The molecule has 0 aliphatic rings. The molecule has 0 saturated heterocycles. The lowest BCUT2D eigenvalue weighted by Crippen LogP contribution is -2.07. The van der Waals surface area contributed by atoms with E-state index in [0.29, 0.717) is 5.69 Å². The lowest BCUT2D eigenvalue weighted by atomic mass is 10.0. The van der Waals surface area contributed by atoms with Crippen LogP contribution >= 0.6 is 0 Å². The molecule has 2 rings (SSSR count). The zero-order valence-corrected chi connectivity index (χ0v) is 8.99. The van der Waals surface area contributed by atoms with Crippen LogP contribution in [-0.4, -0.2) is 9.97 Å². The Morgan fingerprint density at radius 2 is 1.76 bits per heavy atom. The van der Waals surface area contributed by atoms with Crippen LogP contribution in [0.15, 0.2) is 36.7 Å². The summed E-state index contributed by atoms with van der Waals surface area (Å²) >= 11 is 0. The van der Waals surface area contributed by atoms with Crippen LogP contribution in [0, 0.1) is 6.92 Å². The summed E-state index contributed by atoms with van der Waals surface area (Å²) in [5, 5.41) is 0. The highest BCUT2D eigenvalue weighted by Gasteiger charge is 2.33. The van der Waals surface area contributed by atoms with Crippen molar-refractivity contribution in [3.8, 4) is 11.3 Å². The molecule has 17 heavy (non-hydrogen) atoms. The van der Waals surface area contributed by atoms with E-state index in [-0.39, 0.29) is 11.3 Å². The van der Waals surface area contributed by atoms with Gasteiger partial charge >= 0.3 is 6.18 Å². The highest BCUT2D eigenvalue weighted by Crippen LogP contribution is 2.36. The molecule has 2 nitrogen and oxygen atoms in total. The van der Waals surface area contributed by atoms with Crippen LogP contribution < -0.4 is 0 Å². The van der Waals surface area contributed by atoms with Crippen LogP contribution in [0.1, 0.15) is 11.3 Å². The van der Waals surface area contributed by atoms with Crippen molar-refractivity contribution < 1.29 is 13.2 Å². The minimum atomic E-state index is -4.38. The molecule has 0 bridgehead atoms.